The highest BCUT2D eigenvalue weighted by Crippen LogP contribution is 2.11. The zero-order valence-corrected chi connectivity index (χ0v) is 9.83. The van der Waals surface area contributed by atoms with Crippen LogP contribution in [-0.4, -0.2) is 29.9 Å². The molecule has 1 rings (SSSR count). The minimum absolute atomic E-state index is 0.209. The Morgan fingerprint density at radius 2 is 2.40 bits per heavy atom. The zero-order valence-electron chi connectivity index (χ0n) is 9.83. The maximum Gasteiger partial charge on any atom is 0.222 e. The first-order valence-electron chi connectivity index (χ1n) is 5.78. The van der Waals surface area contributed by atoms with Gasteiger partial charge in [-0.3, -0.25) is 4.79 Å². The number of amides is 1. The van der Waals surface area contributed by atoms with E-state index in [2.05, 4.69) is 13.0 Å². The van der Waals surface area contributed by atoms with Gasteiger partial charge in [0.2, 0.25) is 5.91 Å². The van der Waals surface area contributed by atoms with Gasteiger partial charge in [0, 0.05) is 25.6 Å². The Kier molecular flexibility index (Phi) is 4.82. The van der Waals surface area contributed by atoms with Crippen LogP contribution in [0.4, 0.5) is 0 Å². The number of carbonyl (C=O) groups excluding carboxylic acids is 1. The molecule has 1 heterocycles. The summed E-state index contributed by atoms with van der Waals surface area (Å²) in [6.07, 6.45) is 5.72. The van der Waals surface area contributed by atoms with Gasteiger partial charge in [-0.25, -0.2) is 0 Å². The van der Waals surface area contributed by atoms with Crippen LogP contribution in [0.2, 0.25) is 0 Å². The topological polar surface area (TPSA) is 46.3 Å². The molecule has 1 amide bonds. The molecule has 2 N–H and O–H groups in total. The molecule has 1 atom stereocenters. The van der Waals surface area contributed by atoms with E-state index in [0.717, 1.165) is 32.4 Å². The second-order valence-electron chi connectivity index (χ2n) is 4.52. The first kappa shape index (κ1) is 12.2. The van der Waals surface area contributed by atoms with E-state index in [1.165, 1.54) is 5.57 Å². The lowest BCUT2D eigenvalue weighted by molar-refractivity contribution is -0.131. The summed E-state index contributed by atoms with van der Waals surface area (Å²) < 4.78 is 0. The largest absolute Gasteiger partial charge is 0.338 e. The lowest BCUT2D eigenvalue weighted by Crippen LogP contribution is -2.35. The predicted octanol–water partition coefficient (Wildman–Crippen LogP) is 1.68. The van der Waals surface area contributed by atoms with E-state index in [0.29, 0.717) is 6.42 Å². The summed E-state index contributed by atoms with van der Waals surface area (Å²) in [5.74, 6) is 0.281. The second-order valence-corrected chi connectivity index (χ2v) is 4.52. The Bertz CT molecular complexity index is 246. The Labute approximate surface area is 92.3 Å². The maximum atomic E-state index is 11.8. The van der Waals surface area contributed by atoms with Crippen molar-refractivity contribution in [3.63, 3.8) is 0 Å². The number of nitrogens with zero attached hydrogens (tertiary/aromatic N) is 1. The van der Waals surface area contributed by atoms with E-state index in [1.807, 2.05) is 11.8 Å². The van der Waals surface area contributed by atoms with Crippen LogP contribution in [0.15, 0.2) is 11.6 Å². The van der Waals surface area contributed by atoms with Crippen LogP contribution in [0.1, 0.15) is 39.5 Å². The summed E-state index contributed by atoms with van der Waals surface area (Å²) in [6.45, 7) is 5.77. The molecule has 1 aliphatic heterocycles. The number of rotatable bonds is 4. The average molecular weight is 210 g/mol. The second kappa shape index (κ2) is 5.91. The van der Waals surface area contributed by atoms with E-state index >= 15 is 0 Å². The Morgan fingerprint density at radius 3 is 3.00 bits per heavy atom. The van der Waals surface area contributed by atoms with Crippen LogP contribution in [0.5, 0.6) is 0 Å². The predicted molar refractivity (Wildman–Crippen MR) is 62.5 cm³/mol. The lowest BCUT2D eigenvalue weighted by Gasteiger charge is -2.26. The van der Waals surface area contributed by atoms with Crippen molar-refractivity contribution >= 4 is 5.91 Å². The molecule has 1 unspecified atom stereocenters. The van der Waals surface area contributed by atoms with Gasteiger partial charge in [-0.1, -0.05) is 11.6 Å². The van der Waals surface area contributed by atoms with E-state index in [9.17, 15) is 4.79 Å². The normalized spacial score (nSPS) is 18.6. The zero-order chi connectivity index (χ0) is 11.3. The third-order valence-corrected chi connectivity index (χ3v) is 2.73. The van der Waals surface area contributed by atoms with E-state index < -0.39 is 0 Å². The molecule has 0 aromatic carbocycles. The summed E-state index contributed by atoms with van der Waals surface area (Å²) in [6, 6.07) is 0.209. The summed E-state index contributed by atoms with van der Waals surface area (Å²) in [5, 5.41) is 0. The molecule has 0 radical (unpaired) electrons. The molecule has 3 heteroatoms. The fraction of sp³-hybridized carbons (Fsp3) is 0.750. The van der Waals surface area contributed by atoms with Gasteiger partial charge in [-0.15, -0.1) is 0 Å². The molecule has 0 fully saturated rings. The third kappa shape index (κ3) is 4.47. The van der Waals surface area contributed by atoms with Gasteiger partial charge in [0.25, 0.3) is 0 Å². The van der Waals surface area contributed by atoms with Crippen molar-refractivity contribution in [3.05, 3.63) is 11.6 Å². The molecule has 0 bridgehead atoms. The minimum atomic E-state index is 0.209. The molecule has 15 heavy (non-hydrogen) atoms. The first-order valence-corrected chi connectivity index (χ1v) is 5.78. The highest BCUT2D eigenvalue weighted by atomic mass is 16.2. The number of hydrogen-bond donors (Lipinski definition) is 1. The van der Waals surface area contributed by atoms with Crippen molar-refractivity contribution in [2.75, 3.05) is 13.1 Å². The van der Waals surface area contributed by atoms with Gasteiger partial charge in [0.05, 0.1) is 0 Å². The van der Waals surface area contributed by atoms with Crippen LogP contribution < -0.4 is 5.73 Å². The number of nitrogens with two attached hydrogens (primary N) is 1. The van der Waals surface area contributed by atoms with Crippen molar-refractivity contribution < 1.29 is 4.79 Å². The molecule has 0 saturated carbocycles. The molecule has 0 saturated heterocycles. The van der Waals surface area contributed by atoms with Crippen molar-refractivity contribution in [3.8, 4) is 0 Å². The van der Waals surface area contributed by atoms with Crippen molar-refractivity contribution in [2.24, 2.45) is 5.73 Å². The van der Waals surface area contributed by atoms with E-state index in [-0.39, 0.29) is 11.9 Å². The molecule has 1 aliphatic rings. The first-order chi connectivity index (χ1) is 7.09. The van der Waals surface area contributed by atoms with E-state index in [1.54, 1.807) is 0 Å². The summed E-state index contributed by atoms with van der Waals surface area (Å²) in [4.78, 5) is 13.7. The quantitative estimate of drug-likeness (QED) is 0.718. The molecule has 0 spiro atoms. The Balaban J connectivity index is 2.25. The van der Waals surface area contributed by atoms with Gasteiger partial charge in [-0.2, -0.15) is 0 Å². The molecule has 0 aromatic heterocycles. The summed E-state index contributed by atoms with van der Waals surface area (Å²) in [5.41, 5.74) is 6.95. The van der Waals surface area contributed by atoms with E-state index in [4.69, 9.17) is 5.73 Å². The fourth-order valence-electron chi connectivity index (χ4n) is 1.86. The monoisotopic (exact) mass is 210 g/mol. The maximum absolute atomic E-state index is 11.8. The Hall–Kier alpha value is -0.830. The summed E-state index contributed by atoms with van der Waals surface area (Å²) >= 11 is 0. The molecule has 0 aliphatic carbocycles. The fourth-order valence-corrected chi connectivity index (χ4v) is 1.86. The average Bonchev–Trinajstić information content (AvgIpc) is 2.17. The molecule has 86 valence electrons. The highest BCUT2D eigenvalue weighted by molar-refractivity contribution is 5.76. The molecule has 3 nitrogen and oxygen atoms in total. The molecular formula is C12H22N2O. The highest BCUT2D eigenvalue weighted by Gasteiger charge is 2.15. The van der Waals surface area contributed by atoms with Crippen LogP contribution in [0.25, 0.3) is 0 Å². The van der Waals surface area contributed by atoms with Gasteiger partial charge in [0.1, 0.15) is 0 Å². The molecular weight excluding hydrogens is 188 g/mol. The minimum Gasteiger partial charge on any atom is -0.338 e. The third-order valence-electron chi connectivity index (χ3n) is 2.73. The number of hydrogen-bond acceptors (Lipinski definition) is 2. The van der Waals surface area contributed by atoms with Crippen molar-refractivity contribution in [1.29, 1.82) is 0 Å². The van der Waals surface area contributed by atoms with Crippen LogP contribution in [-0.2, 0) is 4.79 Å². The van der Waals surface area contributed by atoms with Crippen LogP contribution in [0, 0.1) is 0 Å². The van der Waals surface area contributed by atoms with Gasteiger partial charge >= 0.3 is 0 Å². The van der Waals surface area contributed by atoms with Crippen LogP contribution >= 0.6 is 0 Å². The van der Waals surface area contributed by atoms with Crippen molar-refractivity contribution in [2.45, 2.75) is 45.6 Å². The van der Waals surface area contributed by atoms with Gasteiger partial charge in [0.15, 0.2) is 0 Å². The lowest BCUT2D eigenvalue weighted by atomic mass is 10.1. The summed E-state index contributed by atoms with van der Waals surface area (Å²) in [7, 11) is 0. The smallest absolute Gasteiger partial charge is 0.222 e. The Morgan fingerprint density at radius 1 is 1.67 bits per heavy atom. The van der Waals surface area contributed by atoms with Crippen LogP contribution in [0.3, 0.4) is 0 Å². The van der Waals surface area contributed by atoms with Gasteiger partial charge < -0.3 is 10.6 Å². The van der Waals surface area contributed by atoms with Gasteiger partial charge in [-0.05, 0) is 33.1 Å². The number of carbonyl (C=O) groups is 1. The SMILES string of the molecule is CC1=CCCN(C(=O)CCCC(C)N)C1. The van der Waals surface area contributed by atoms with Crippen molar-refractivity contribution in [1.82, 2.24) is 4.90 Å². The molecule has 0 aromatic rings. The standard InChI is InChI=1S/C12H22N2O/c1-10-5-4-8-14(9-10)12(15)7-3-6-11(2)13/h5,11H,3-4,6-9,13H2,1-2H3.